The standard InChI is InChI=1S/C22H19ClN4O3/c1-14-3-5-15(6-4-14)21-18(27-20(25-21)12-11-19(23)26-27)13-24-22(28)30-17-9-7-16(29-2)8-10-17/h3-12H,13H2,1-2H3,(H,24,28). The van der Waals surface area contributed by atoms with Gasteiger partial charge >= 0.3 is 6.09 Å². The first-order valence-electron chi connectivity index (χ1n) is 9.24. The fourth-order valence-electron chi connectivity index (χ4n) is 3.00. The number of carbonyl (C=O) groups excluding carboxylic acids is 1. The van der Waals surface area contributed by atoms with E-state index < -0.39 is 6.09 Å². The third-order valence-corrected chi connectivity index (χ3v) is 4.73. The molecule has 30 heavy (non-hydrogen) atoms. The van der Waals surface area contributed by atoms with Crippen molar-refractivity contribution >= 4 is 23.3 Å². The number of methoxy groups -OCH3 is 1. The summed E-state index contributed by atoms with van der Waals surface area (Å²) in [7, 11) is 1.57. The van der Waals surface area contributed by atoms with Crippen LogP contribution in [0.15, 0.2) is 60.7 Å². The van der Waals surface area contributed by atoms with E-state index in [1.807, 2.05) is 31.2 Å². The van der Waals surface area contributed by atoms with Crippen molar-refractivity contribution in [2.45, 2.75) is 13.5 Å². The quantitative estimate of drug-likeness (QED) is 0.506. The number of ether oxygens (including phenoxy) is 2. The maximum Gasteiger partial charge on any atom is 0.412 e. The first-order chi connectivity index (χ1) is 14.5. The molecule has 4 rings (SSSR count). The summed E-state index contributed by atoms with van der Waals surface area (Å²) in [6.45, 7) is 2.18. The smallest absolute Gasteiger partial charge is 0.412 e. The van der Waals surface area contributed by atoms with Gasteiger partial charge in [-0.25, -0.2) is 14.3 Å². The Balaban J connectivity index is 1.58. The highest BCUT2D eigenvalue weighted by Crippen LogP contribution is 2.25. The minimum absolute atomic E-state index is 0.159. The Kier molecular flexibility index (Phi) is 5.54. The van der Waals surface area contributed by atoms with Crippen molar-refractivity contribution in [3.05, 3.63) is 77.1 Å². The second-order valence-corrected chi connectivity index (χ2v) is 7.01. The monoisotopic (exact) mass is 422 g/mol. The normalized spacial score (nSPS) is 10.8. The van der Waals surface area contributed by atoms with Crippen molar-refractivity contribution in [2.24, 2.45) is 0 Å². The van der Waals surface area contributed by atoms with Gasteiger partial charge in [-0.1, -0.05) is 41.4 Å². The number of rotatable bonds is 5. The molecule has 1 N–H and O–H groups in total. The highest BCUT2D eigenvalue weighted by atomic mass is 35.5. The van der Waals surface area contributed by atoms with E-state index in [-0.39, 0.29) is 6.54 Å². The fraction of sp³-hybridized carbons (Fsp3) is 0.136. The summed E-state index contributed by atoms with van der Waals surface area (Å²) in [5, 5.41) is 7.42. The molecule has 0 saturated carbocycles. The number of imidazole rings is 1. The number of fused-ring (bicyclic) bond motifs is 1. The second kappa shape index (κ2) is 8.42. The van der Waals surface area contributed by atoms with Crippen molar-refractivity contribution in [1.29, 1.82) is 0 Å². The third-order valence-electron chi connectivity index (χ3n) is 4.53. The summed E-state index contributed by atoms with van der Waals surface area (Å²) in [5.74, 6) is 1.09. The van der Waals surface area contributed by atoms with Gasteiger partial charge in [-0.15, -0.1) is 0 Å². The molecule has 7 nitrogen and oxygen atoms in total. The van der Waals surface area contributed by atoms with E-state index >= 15 is 0 Å². The Labute approximate surface area is 178 Å². The number of hydrogen-bond donors (Lipinski definition) is 1. The van der Waals surface area contributed by atoms with E-state index in [0.29, 0.717) is 28.0 Å². The Hall–Kier alpha value is -3.58. The van der Waals surface area contributed by atoms with E-state index in [2.05, 4.69) is 15.4 Å². The number of aryl methyl sites for hydroxylation is 1. The molecule has 0 saturated heterocycles. The van der Waals surface area contributed by atoms with Crippen molar-refractivity contribution in [2.75, 3.05) is 7.11 Å². The predicted octanol–water partition coefficient (Wildman–Crippen LogP) is 4.66. The maximum absolute atomic E-state index is 12.3. The van der Waals surface area contributed by atoms with Crippen LogP contribution in [0.1, 0.15) is 11.3 Å². The van der Waals surface area contributed by atoms with Crippen molar-refractivity contribution in [3.63, 3.8) is 0 Å². The zero-order valence-electron chi connectivity index (χ0n) is 16.4. The molecule has 0 aliphatic heterocycles. The van der Waals surface area contributed by atoms with Crippen LogP contribution < -0.4 is 14.8 Å². The number of benzene rings is 2. The SMILES string of the molecule is COc1ccc(OC(=O)NCc2c(-c3ccc(C)cc3)nc3ccc(Cl)nn23)cc1. The average molecular weight is 423 g/mol. The molecule has 0 atom stereocenters. The van der Waals surface area contributed by atoms with Crippen molar-refractivity contribution in [1.82, 2.24) is 19.9 Å². The van der Waals surface area contributed by atoms with E-state index in [9.17, 15) is 4.79 Å². The maximum atomic E-state index is 12.3. The molecule has 0 spiro atoms. The lowest BCUT2D eigenvalue weighted by molar-refractivity contribution is 0.199. The van der Waals surface area contributed by atoms with Crippen LogP contribution in [0.4, 0.5) is 4.79 Å². The number of halogens is 1. The molecule has 0 aliphatic carbocycles. The number of nitrogens with one attached hydrogen (secondary N) is 1. The van der Waals surface area contributed by atoms with E-state index in [0.717, 1.165) is 16.8 Å². The molecule has 0 radical (unpaired) electrons. The van der Waals surface area contributed by atoms with Crippen molar-refractivity contribution in [3.8, 4) is 22.8 Å². The summed E-state index contributed by atoms with van der Waals surface area (Å²) < 4.78 is 12.1. The van der Waals surface area contributed by atoms with Crippen LogP contribution in [-0.2, 0) is 6.54 Å². The zero-order valence-corrected chi connectivity index (χ0v) is 17.2. The summed E-state index contributed by atoms with van der Waals surface area (Å²) in [5.41, 5.74) is 4.11. The van der Waals surface area contributed by atoms with Gasteiger partial charge in [-0.2, -0.15) is 5.10 Å². The molecule has 8 heteroatoms. The second-order valence-electron chi connectivity index (χ2n) is 6.62. The van der Waals surface area contributed by atoms with Gasteiger partial charge < -0.3 is 14.8 Å². The zero-order chi connectivity index (χ0) is 21.1. The van der Waals surface area contributed by atoms with Crippen LogP contribution in [-0.4, -0.2) is 27.8 Å². The number of amides is 1. The van der Waals surface area contributed by atoms with Gasteiger partial charge in [0.1, 0.15) is 16.7 Å². The molecule has 2 heterocycles. The Morgan fingerprint density at radius 2 is 1.73 bits per heavy atom. The van der Waals surface area contributed by atoms with E-state index in [1.54, 1.807) is 48.0 Å². The number of hydrogen-bond acceptors (Lipinski definition) is 5. The minimum atomic E-state index is -0.591. The average Bonchev–Trinajstić information content (AvgIpc) is 3.11. The molecule has 0 fully saturated rings. The van der Waals surface area contributed by atoms with Crippen LogP contribution in [0.2, 0.25) is 5.15 Å². The van der Waals surface area contributed by atoms with Gasteiger partial charge in [-0.3, -0.25) is 0 Å². The molecule has 1 amide bonds. The Morgan fingerprint density at radius 3 is 2.43 bits per heavy atom. The molecular formula is C22H19ClN4O3. The Bertz CT molecular complexity index is 1190. The van der Waals surface area contributed by atoms with Gasteiger partial charge in [0.25, 0.3) is 0 Å². The summed E-state index contributed by atoms with van der Waals surface area (Å²) in [6, 6.07) is 18.2. The largest absolute Gasteiger partial charge is 0.497 e. The Morgan fingerprint density at radius 1 is 1.03 bits per heavy atom. The van der Waals surface area contributed by atoms with Crippen LogP contribution in [0.5, 0.6) is 11.5 Å². The van der Waals surface area contributed by atoms with Crippen molar-refractivity contribution < 1.29 is 14.3 Å². The lowest BCUT2D eigenvalue weighted by atomic mass is 10.1. The summed E-state index contributed by atoms with van der Waals surface area (Å²) in [4.78, 5) is 17.0. The molecule has 0 aliphatic rings. The van der Waals surface area contributed by atoms with Crippen LogP contribution >= 0.6 is 11.6 Å². The molecular weight excluding hydrogens is 404 g/mol. The topological polar surface area (TPSA) is 77.8 Å². The third kappa shape index (κ3) is 4.21. The minimum Gasteiger partial charge on any atom is -0.497 e. The van der Waals surface area contributed by atoms with E-state index in [4.69, 9.17) is 21.1 Å². The molecule has 152 valence electrons. The first-order valence-corrected chi connectivity index (χ1v) is 9.62. The molecule has 4 aromatic rings. The molecule has 0 bridgehead atoms. The van der Waals surface area contributed by atoms with Gasteiger partial charge in [0.15, 0.2) is 5.65 Å². The van der Waals surface area contributed by atoms with E-state index in [1.165, 1.54) is 0 Å². The van der Waals surface area contributed by atoms with Gasteiger partial charge in [0.2, 0.25) is 0 Å². The lowest BCUT2D eigenvalue weighted by Crippen LogP contribution is -2.27. The first kappa shape index (κ1) is 19.7. The number of aromatic nitrogens is 3. The van der Waals surface area contributed by atoms with Gasteiger partial charge in [-0.05, 0) is 43.3 Å². The fourth-order valence-corrected chi connectivity index (χ4v) is 3.14. The van der Waals surface area contributed by atoms with Crippen LogP contribution in [0.25, 0.3) is 16.9 Å². The van der Waals surface area contributed by atoms with Gasteiger partial charge in [0.05, 0.1) is 25.0 Å². The molecule has 2 aromatic heterocycles. The van der Waals surface area contributed by atoms with Crippen LogP contribution in [0.3, 0.4) is 0 Å². The van der Waals surface area contributed by atoms with Crippen LogP contribution in [0, 0.1) is 6.92 Å². The highest BCUT2D eigenvalue weighted by molar-refractivity contribution is 6.29. The number of nitrogens with zero attached hydrogens (tertiary/aromatic N) is 3. The highest BCUT2D eigenvalue weighted by Gasteiger charge is 2.17. The summed E-state index contributed by atoms with van der Waals surface area (Å²) >= 11 is 6.08. The van der Waals surface area contributed by atoms with Gasteiger partial charge in [0, 0.05) is 5.56 Å². The predicted molar refractivity (Wildman–Crippen MR) is 114 cm³/mol. The lowest BCUT2D eigenvalue weighted by Gasteiger charge is -2.09. The molecule has 0 unspecified atom stereocenters. The number of carbonyl (C=O) groups is 1. The summed E-state index contributed by atoms with van der Waals surface area (Å²) in [6.07, 6.45) is -0.591. The molecule has 2 aromatic carbocycles.